The van der Waals surface area contributed by atoms with Gasteiger partial charge in [-0.05, 0) is 30.7 Å². The van der Waals surface area contributed by atoms with E-state index >= 15 is 0 Å². The number of hydrogen-bond donors (Lipinski definition) is 2. The number of morpholine rings is 1. The molecule has 6 nitrogen and oxygen atoms in total. The molecule has 1 saturated heterocycles. The molecule has 0 spiro atoms. The lowest BCUT2D eigenvalue weighted by Gasteiger charge is -2.23. The van der Waals surface area contributed by atoms with Crippen LogP contribution in [-0.2, 0) is 14.8 Å². The van der Waals surface area contributed by atoms with Gasteiger partial charge in [0.25, 0.3) is 0 Å². The fraction of sp³-hybridized carbons (Fsp3) is 0.538. The van der Waals surface area contributed by atoms with E-state index in [0.29, 0.717) is 25.5 Å². The number of hydrogen-bond acceptors (Lipinski definition) is 5. The highest BCUT2D eigenvalue weighted by Gasteiger charge is 2.19. The Kier molecular flexibility index (Phi) is 4.98. The molecular formula is C13H20N2O4S. The second-order valence-corrected chi connectivity index (χ2v) is 6.48. The molecule has 1 heterocycles. The molecule has 112 valence electrons. The number of aryl methyl sites for hydroxylation is 1. The summed E-state index contributed by atoms with van der Waals surface area (Å²) in [5, 5.41) is 3.20. The molecule has 1 aliphatic heterocycles. The lowest BCUT2D eigenvalue weighted by atomic mass is 10.2. The van der Waals surface area contributed by atoms with Crippen molar-refractivity contribution in [1.82, 2.24) is 10.0 Å². The summed E-state index contributed by atoms with van der Waals surface area (Å²) in [6, 6.07) is 4.81. The molecule has 20 heavy (non-hydrogen) atoms. The molecule has 1 unspecified atom stereocenters. The van der Waals surface area contributed by atoms with Crippen molar-refractivity contribution >= 4 is 10.0 Å². The molecule has 0 radical (unpaired) electrons. The number of benzene rings is 1. The SMILES string of the molecule is COc1ccc(S(=O)(=O)NCC2COCCN2)cc1C. The minimum atomic E-state index is -3.51. The van der Waals surface area contributed by atoms with Gasteiger partial charge in [0.05, 0.1) is 25.2 Å². The Labute approximate surface area is 119 Å². The number of methoxy groups -OCH3 is 1. The van der Waals surface area contributed by atoms with Gasteiger partial charge < -0.3 is 14.8 Å². The highest BCUT2D eigenvalue weighted by Crippen LogP contribution is 2.21. The minimum Gasteiger partial charge on any atom is -0.496 e. The molecule has 2 N–H and O–H groups in total. The first kappa shape index (κ1) is 15.2. The summed E-state index contributed by atoms with van der Waals surface area (Å²) in [4.78, 5) is 0.243. The lowest BCUT2D eigenvalue weighted by molar-refractivity contribution is 0.0784. The van der Waals surface area contributed by atoms with Gasteiger partial charge in [-0.1, -0.05) is 0 Å². The van der Waals surface area contributed by atoms with Gasteiger partial charge in [0.2, 0.25) is 10.0 Å². The van der Waals surface area contributed by atoms with Crippen LogP contribution in [0.1, 0.15) is 5.56 Å². The Hall–Kier alpha value is -1.15. The Morgan fingerprint density at radius 2 is 2.30 bits per heavy atom. The summed E-state index contributed by atoms with van der Waals surface area (Å²) in [7, 11) is -1.95. The van der Waals surface area contributed by atoms with Gasteiger partial charge in [-0.25, -0.2) is 13.1 Å². The Bertz CT molecular complexity index is 553. The molecular weight excluding hydrogens is 280 g/mol. The van der Waals surface area contributed by atoms with Crippen LogP contribution in [0.25, 0.3) is 0 Å². The molecule has 1 aromatic carbocycles. The largest absolute Gasteiger partial charge is 0.496 e. The van der Waals surface area contributed by atoms with Crippen molar-refractivity contribution in [3.8, 4) is 5.75 Å². The van der Waals surface area contributed by atoms with Crippen molar-refractivity contribution < 1.29 is 17.9 Å². The van der Waals surface area contributed by atoms with Crippen molar-refractivity contribution in [2.45, 2.75) is 17.9 Å². The summed E-state index contributed by atoms with van der Waals surface area (Å²) in [6.45, 7) is 4.06. The number of ether oxygens (including phenoxy) is 2. The molecule has 0 amide bonds. The van der Waals surface area contributed by atoms with E-state index in [0.717, 1.165) is 12.1 Å². The van der Waals surface area contributed by atoms with Gasteiger partial charge in [-0.15, -0.1) is 0 Å². The van der Waals surface area contributed by atoms with Crippen LogP contribution in [0.15, 0.2) is 23.1 Å². The van der Waals surface area contributed by atoms with Gasteiger partial charge in [-0.2, -0.15) is 0 Å². The maximum Gasteiger partial charge on any atom is 0.240 e. The summed E-state index contributed by atoms with van der Waals surface area (Å²) in [5.41, 5.74) is 0.787. The lowest BCUT2D eigenvalue weighted by Crippen LogP contribution is -2.48. The van der Waals surface area contributed by atoms with E-state index in [1.54, 1.807) is 25.3 Å². The van der Waals surface area contributed by atoms with Crippen molar-refractivity contribution in [3.63, 3.8) is 0 Å². The first-order chi connectivity index (χ1) is 9.53. The van der Waals surface area contributed by atoms with Crippen LogP contribution in [0.3, 0.4) is 0 Å². The van der Waals surface area contributed by atoms with E-state index in [1.165, 1.54) is 0 Å². The summed E-state index contributed by atoms with van der Waals surface area (Å²) in [5.74, 6) is 0.672. The molecule has 1 atom stereocenters. The normalized spacial score (nSPS) is 19.8. The highest BCUT2D eigenvalue weighted by atomic mass is 32.2. The maximum absolute atomic E-state index is 12.2. The summed E-state index contributed by atoms with van der Waals surface area (Å²) in [6.07, 6.45) is 0. The zero-order valence-corrected chi connectivity index (χ0v) is 12.5. The second kappa shape index (κ2) is 6.53. The van der Waals surface area contributed by atoms with Crippen LogP contribution in [0.4, 0.5) is 0 Å². The minimum absolute atomic E-state index is 0.0119. The van der Waals surface area contributed by atoms with Crippen molar-refractivity contribution in [2.75, 3.05) is 33.4 Å². The molecule has 2 rings (SSSR count). The molecule has 1 fully saturated rings. The summed E-state index contributed by atoms with van der Waals surface area (Å²) < 4.78 is 37.4. The maximum atomic E-state index is 12.2. The monoisotopic (exact) mass is 300 g/mol. The quantitative estimate of drug-likeness (QED) is 0.816. The van der Waals surface area contributed by atoms with E-state index in [2.05, 4.69) is 10.0 Å². The van der Waals surface area contributed by atoms with E-state index in [1.807, 2.05) is 6.92 Å². The Morgan fingerprint density at radius 1 is 1.50 bits per heavy atom. The van der Waals surface area contributed by atoms with Crippen LogP contribution in [0.2, 0.25) is 0 Å². The molecule has 1 aromatic rings. The molecule has 0 saturated carbocycles. The zero-order valence-electron chi connectivity index (χ0n) is 11.7. The van der Waals surface area contributed by atoms with E-state index in [9.17, 15) is 8.42 Å². The van der Waals surface area contributed by atoms with Crippen molar-refractivity contribution in [2.24, 2.45) is 0 Å². The standard InChI is InChI=1S/C13H20N2O4S/c1-10-7-12(3-4-13(10)18-2)20(16,17)15-8-11-9-19-6-5-14-11/h3-4,7,11,14-15H,5-6,8-9H2,1-2H3. The van der Waals surface area contributed by atoms with Gasteiger partial charge >= 0.3 is 0 Å². The number of nitrogens with one attached hydrogen (secondary N) is 2. The predicted octanol–water partition coefficient (Wildman–Crippen LogP) is 0.270. The van der Waals surface area contributed by atoms with E-state index in [-0.39, 0.29) is 10.9 Å². The first-order valence-electron chi connectivity index (χ1n) is 6.48. The molecule has 1 aliphatic rings. The third-order valence-electron chi connectivity index (χ3n) is 3.19. The van der Waals surface area contributed by atoms with Gasteiger partial charge in [-0.3, -0.25) is 0 Å². The highest BCUT2D eigenvalue weighted by molar-refractivity contribution is 7.89. The summed E-state index contributed by atoms with van der Waals surface area (Å²) >= 11 is 0. The second-order valence-electron chi connectivity index (χ2n) is 4.71. The average molecular weight is 300 g/mol. The van der Waals surface area contributed by atoms with Crippen LogP contribution in [0, 0.1) is 6.92 Å². The zero-order chi connectivity index (χ0) is 14.6. The first-order valence-corrected chi connectivity index (χ1v) is 7.96. The average Bonchev–Trinajstić information content (AvgIpc) is 2.46. The fourth-order valence-electron chi connectivity index (χ4n) is 2.06. The molecule has 0 bridgehead atoms. The fourth-order valence-corrected chi connectivity index (χ4v) is 3.23. The predicted molar refractivity (Wildman–Crippen MR) is 75.5 cm³/mol. The van der Waals surface area contributed by atoms with Gasteiger partial charge in [0.15, 0.2) is 0 Å². The Balaban J connectivity index is 2.04. The smallest absolute Gasteiger partial charge is 0.240 e. The Morgan fingerprint density at radius 3 is 2.90 bits per heavy atom. The molecule has 0 aliphatic carbocycles. The molecule has 0 aromatic heterocycles. The third-order valence-corrected chi connectivity index (χ3v) is 4.62. The molecule has 7 heteroatoms. The van der Waals surface area contributed by atoms with Gasteiger partial charge in [0.1, 0.15) is 5.75 Å². The van der Waals surface area contributed by atoms with E-state index in [4.69, 9.17) is 9.47 Å². The topological polar surface area (TPSA) is 76.7 Å². The number of rotatable bonds is 5. The van der Waals surface area contributed by atoms with Crippen LogP contribution >= 0.6 is 0 Å². The van der Waals surface area contributed by atoms with Crippen molar-refractivity contribution in [3.05, 3.63) is 23.8 Å². The van der Waals surface area contributed by atoms with Crippen molar-refractivity contribution in [1.29, 1.82) is 0 Å². The van der Waals surface area contributed by atoms with Crippen LogP contribution in [-0.4, -0.2) is 47.9 Å². The van der Waals surface area contributed by atoms with E-state index < -0.39 is 10.0 Å². The van der Waals surface area contributed by atoms with Crippen LogP contribution < -0.4 is 14.8 Å². The number of sulfonamides is 1. The van der Waals surface area contributed by atoms with Gasteiger partial charge in [0, 0.05) is 19.1 Å². The van der Waals surface area contributed by atoms with Crippen LogP contribution in [0.5, 0.6) is 5.75 Å². The third kappa shape index (κ3) is 3.69.